The van der Waals surface area contributed by atoms with Crippen LogP contribution < -0.4 is 10.5 Å². The molecule has 4 heteroatoms. The molecule has 1 rings (SSSR count). The first-order chi connectivity index (χ1) is 7.22. The number of hydrogen-bond acceptors (Lipinski definition) is 4. The second-order valence-electron chi connectivity index (χ2n) is 3.19. The lowest BCUT2D eigenvalue weighted by Crippen LogP contribution is -2.12. The number of nitrogens with zero attached hydrogens (tertiary/aromatic N) is 1. The van der Waals surface area contributed by atoms with Gasteiger partial charge in [-0.3, -0.25) is 0 Å². The molecule has 0 fully saturated rings. The summed E-state index contributed by atoms with van der Waals surface area (Å²) in [5.74, 6) is 0.539. The third-order valence-electron chi connectivity index (χ3n) is 2.21. The Morgan fingerprint density at radius 2 is 2.33 bits per heavy atom. The van der Waals surface area contributed by atoms with Crippen LogP contribution in [-0.2, 0) is 0 Å². The van der Waals surface area contributed by atoms with Crippen molar-refractivity contribution in [2.45, 2.75) is 12.5 Å². The number of aliphatic hydroxyl groups is 1. The maximum Gasteiger partial charge on any atom is 0.136 e. The Morgan fingerprint density at radius 1 is 1.60 bits per heavy atom. The molecule has 0 aromatic heterocycles. The summed E-state index contributed by atoms with van der Waals surface area (Å²) in [6.07, 6.45) is 0.483. The van der Waals surface area contributed by atoms with Crippen LogP contribution in [-0.4, -0.2) is 18.8 Å². The Balaban J connectivity index is 2.98. The van der Waals surface area contributed by atoms with Crippen molar-refractivity contribution >= 4 is 0 Å². The van der Waals surface area contributed by atoms with Crippen LogP contribution in [0.15, 0.2) is 18.2 Å². The van der Waals surface area contributed by atoms with Crippen LogP contribution in [0.4, 0.5) is 0 Å². The molecule has 1 atom stereocenters. The minimum atomic E-state index is -0.243. The number of ether oxygens (including phenoxy) is 1. The van der Waals surface area contributed by atoms with E-state index in [2.05, 4.69) is 0 Å². The maximum absolute atomic E-state index is 8.87. The Kier molecular flexibility index (Phi) is 4.10. The van der Waals surface area contributed by atoms with Crippen LogP contribution in [0.5, 0.6) is 5.75 Å². The number of methoxy groups -OCH3 is 1. The molecule has 0 amide bonds. The molecule has 15 heavy (non-hydrogen) atoms. The molecule has 0 radical (unpaired) electrons. The molecular weight excluding hydrogens is 192 g/mol. The van der Waals surface area contributed by atoms with Gasteiger partial charge in [-0.05, 0) is 24.1 Å². The fourth-order valence-corrected chi connectivity index (χ4v) is 1.35. The van der Waals surface area contributed by atoms with Crippen molar-refractivity contribution in [3.8, 4) is 11.8 Å². The van der Waals surface area contributed by atoms with Crippen LogP contribution in [0.25, 0.3) is 0 Å². The molecule has 0 aliphatic heterocycles. The molecule has 0 spiro atoms. The van der Waals surface area contributed by atoms with Crippen LogP contribution >= 0.6 is 0 Å². The van der Waals surface area contributed by atoms with E-state index in [0.717, 1.165) is 5.56 Å². The quantitative estimate of drug-likeness (QED) is 0.768. The topological polar surface area (TPSA) is 79.3 Å². The first-order valence-electron chi connectivity index (χ1n) is 4.67. The molecule has 0 aliphatic rings. The summed E-state index contributed by atoms with van der Waals surface area (Å²) in [7, 11) is 1.52. The van der Waals surface area contributed by atoms with Gasteiger partial charge in [0.2, 0.25) is 0 Å². The van der Waals surface area contributed by atoms with Crippen molar-refractivity contribution in [3.63, 3.8) is 0 Å². The number of nitrogens with two attached hydrogens (primary N) is 1. The maximum atomic E-state index is 8.87. The summed E-state index contributed by atoms with van der Waals surface area (Å²) in [4.78, 5) is 0. The summed E-state index contributed by atoms with van der Waals surface area (Å²) < 4.78 is 5.02. The highest BCUT2D eigenvalue weighted by Crippen LogP contribution is 2.22. The normalized spacial score (nSPS) is 11.9. The van der Waals surface area contributed by atoms with Gasteiger partial charge in [0, 0.05) is 12.6 Å². The number of nitriles is 1. The van der Waals surface area contributed by atoms with E-state index in [1.807, 2.05) is 6.07 Å². The number of aliphatic hydroxyl groups excluding tert-OH is 1. The Bertz CT molecular complexity index is 371. The summed E-state index contributed by atoms with van der Waals surface area (Å²) in [6.45, 7) is 0.0368. The Morgan fingerprint density at radius 3 is 2.87 bits per heavy atom. The molecule has 4 nitrogen and oxygen atoms in total. The smallest absolute Gasteiger partial charge is 0.136 e. The van der Waals surface area contributed by atoms with E-state index in [1.54, 1.807) is 18.2 Å². The molecule has 1 aromatic rings. The largest absolute Gasteiger partial charge is 0.495 e. The summed E-state index contributed by atoms with van der Waals surface area (Å²) in [5.41, 5.74) is 7.11. The monoisotopic (exact) mass is 206 g/mol. The van der Waals surface area contributed by atoms with Crippen molar-refractivity contribution in [1.82, 2.24) is 0 Å². The number of hydrogen-bond donors (Lipinski definition) is 2. The van der Waals surface area contributed by atoms with Crippen LogP contribution in [0.1, 0.15) is 23.6 Å². The van der Waals surface area contributed by atoms with Gasteiger partial charge in [0.25, 0.3) is 0 Å². The molecule has 1 aromatic carbocycles. The predicted molar refractivity (Wildman–Crippen MR) is 56.3 cm³/mol. The summed E-state index contributed by atoms with van der Waals surface area (Å²) in [5, 5.41) is 17.6. The minimum Gasteiger partial charge on any atom is -0.495 e. The Hall–Kier alpha value is -1.57. The van der Waals surface area contributed by atoms with E-state index in [4.69, 9.17) is 20.8 Å². The van der Waals surface area contributed by atoms with Crippen molar-refractivity contribution in [1.29, 1.82) is 5.26 Å². The first-order valence-corrected chi connectivity index (χ1v) is 4.67. The van der Waals surface area contributed by atoms with E-state index in [1.165, 1.54) is 7.11 Å². The molecule has 80 valence electrons. The van der Waals surface area contributed by atoms with Crippen LogP contribution in [0, 0.1) is 11.3 Å². The van der Waals surface area contributed by atoms with Gasteiger partial charge in [-0.25, -0.2) is 0 Å². The van der Waals surface area contributed by atoms with Gasteiger partial charge >= 0.3 is 0 Å². The zero-order valence-corrected chi connectivity index (χ0v) is 8.60. The molecule has 0 aliphatic carbocycles. The lowest BCUT2D eigenvalue weighted by Gasteiger charge is -2.11. The van der Waals surface area contributed by atoms with Crippen molar-refractivity contribution in [2.24, 2.45) is 5.73 Å². The molecule has 3 N–H and O–H groups in total. The van der Waals surface area contributed by atoms with Gasteiger partial charge in [-0.2, -0.15) is 5.26 Å². The van der Waals surface area contributed by atoms with Gasteiger partial charge in [0.05, 0.1) is 12.7 Å². The third-order valence-corrected chi connectivity index (χ3v) is 2.21. The fraction of sp³-hybridized carbons (Fsp3) is 0.364. The molecule has 0 bridgehead atoms. The van der Waals surface area contributed by atoms with Crippen molar-refractivity contribution in [2.75, 3.05) is 13.7 Å². The summed E-state index contributed by atoms with van der Waals surface area (Å²) in [6, 6.07) is 7.01. The van der Waals surface area contributed by atoms with E-state index < -0.39 is 0 Å². The number of benzene rings is 1. The molecular formula is C11H14N2O2. The SMILES string of the molecule is COc1ccc(C(N)CCO)cc1C#N. The second kappa shape index (κ2) is 5.35. The molecule has 0 heterocycles. The van der Waals surface area contributed by atoms with Gasteiger partial charge in [0.1, 0.15) is 11.8 Å². The first kappa shape index (κ1) is 11.5. The van der Waals surface area contributed by atoms with Gasteiger partial charge < -0.3 is 15.6 Å². The molecule has 0 saturated carbocycles. The highest BCUT2D eigenvalue weighted by Gasteiger charge is 2.09. The van der Waals surface area contributed by atoms with E-state index in [9.17, 15) is 0 Å². The fourth-order valence-electron chi connectivity index (χ4n) is 1.35. The lowest BCUT2D eigenvalue weighted by molar-refractivity contribution is 0.276. The zero-order chi connectivity index (χ0) is 11.3. The van der Waals surface area contributed by atoms with Gasteiger partial charge in [0.15, 0.2) is 0 Å². The number of rotatable bonds is 4. The molecule has 1 unspecified atom stereocenters. The van der Waals surface area contributed by atoms with E-state index in [-0.39, 0.29) is 12.6 Å². The third kappa shape index (κ3) is 2.69. The van der Waals surface area contributed by atoms with E-state index >= 15 is 0 Å². The second-order valence-corrected chi connectivity index (χ2v) is 3.19. The van der Waals surface area contributed by atoms with Crippen LogP contribution in [0.3, 0.4) is 0 Å². The molecule has 0 saturated heterocycles. The standard InChI is InChI=1S/C11H14N2O2/c1-15-11-3-2-8(6-9(11)7-12)10(13)4-5-14/h2-3,6,10,14H,4-5,13H2,1H3. The van der Waals surface area contributed by atoms with Crippen molar-refractivity contribution < 1.29 is 9.84 Å². The summed E-state index contributed by atoms with van der Waals surface area (Å²) >= 11 is 0. The van der Waals surface area contributed by atoms with Gasteiger partial charge in [-0.1, -0.05) is 6.07 Å². The van der Waals surface area contributed by atoms with Gasteiger partial charge in [-0.15, -0.1) is 0 Å². The highest BCUT2D eigenvalue weighted by molar-refractivity contribution is 5.46. The van der Waals surface area contributed by atoms with Crippen LogP contribution in [0.2, 0.25) is 0 Å². The minimum absolute atomic E-state index is 0.0368. The average molecular weight is 206 g/mol. The van der Waals surface area contributed by atoms with E-state index in [0.29, 0.717) is 17.7 Å². The highest BCUT2D eigenvalue weighted by atomic mass is 16.5. The average Bonchev–Trinajstić information content (AvgIpc) is 2.28. The zero-order valence-electron chi connectivity index (χ0n) is 8.60. The predicted octanol–water partition coefficient (Wildman–Crippen LogP) is 0.949. The van der Waals surface area contributed by atoms with Crippen molar-refractivity contribution in [3.05, 3.63) is 29.3 Å². The lowest BCUT2D eigenvalue weighted by atomic mass is 10.0. The Labute approximate surface area is 88.9 Å².